The number of benzene rings is 1. The molecule has 2 heterocycles. The van der Waals surface area contributed by atoms with E-state index in [4.69, 9.17) is 4.74 Å². The standard InChI is InChI=1S/C29H34N4O3S2/c1-3-36-27(35)25-22(21-7-5-4-6-8-21)16-37-26(25)30-24(34)17-38-28-32-31-23(33(28)2)15-29-12-18-9-19(13-29)11-20(10-18)14-29/h4-8,16,18-20H,3,9-15,17H2,1-2H3,(H,30,34). The van der Waals surface area contributed by atoms with Gasteiger partial charge in [0, 0.05) is 24.4 Å². The average Bonchev–Trinajstić information content (AvgIpc) is 3.45. The molecule has 0 spiro atoms. The summed E-state index contributed by atoms with van der Waals surface area (Å²) in [6.45, 7) is 2.05. The van der Waals surface area contributed by atoms with Gasteiger partial charge in [0.1, 0.15) is 16.4 Å². The molecule has 9 heteroatoms. The zero-order valence-electron chi connectivity index (χ0n) is 21.9. The van der Waals surface area contributed by atoms with Gasteiger partial charge in [-0.25, -0.2) is 4.79 Å². The third kappa shape index (κ3) is 5.02. The first kappa shape index (κ1) is 25.6. The van der Waals surface area contributed by atoms with Crippen molar-refractivity contribution in [1.29, 1.82) is 0 Å². The van der Waals surface area contributed by atoms with Gasteiger partial charge in [-0.05, 0) is 74.2 Å². The van der Waals surface area contributed by atoms with Gasteiger partial charge in [-0.1, -0.05) is 42.1 Å². The number of carbonyl (C=O) groups is 2. The van der Waals surface area contributed by atoms with Gasteiger partial charge in [0.2, 0.25) is 5.91 Å². The third-order valence-corrected chi connectivity index (χ3v) is 10.5. The topological polar surface area (TPSA) is 86.1 Å². The zero-order valence-corrected chi connectivity index (χ0v) is 23.6. The van der Waals surface area contributed by atoms with Gasteiger partial charge in [0.05, 0.1) is 12.4 Å². The van der Waals surface area contributed by atoms with E-state index in [0.717, 1.165) is 46.3 Å². The van der Waals surface area contributed by atoms with E-state index in [0.29, 0.717) is 16.0 Å². The first-order chi connectivity index (χ1) is 18.4. The van der Waals surface area contributed by atoms with Crippen molar-refractivity contribution >= 4 is 40.0 Å². The van der Waals surface area contributed by atoms with Crippen molar-refractivity contribution in [2.75, 3.05) is 17.7 Å². The Morgan fingerprint density at radius 1 is 1.11 bits per heavy atom. The number of amides is 1. The Morgan fingerprint density at radius 3 is 2.45 bits per heavy atom. The summed E-state index contributed by atoms with van der Waals surface area (Å²) in [5, 5.41) is 15.1. The molecule has 4 aliphatic carbocycles. The predicted molar refractivity (Wildman–Crippen MR) is 150 cm³/mol. The van der Waals surface area contributed by atoms with Crippen LogP contribution in [0.1, 0.15) is 61.6 Å². The van der Waals surface area contributed by atoms with Crippen LogP contribution in [0.15, 0.2) is 40.9 Å². The van der Waals surface area contributed by atoms with Gasteiger partial charge in [0.15, 0.2) is 5.16 Å². The van der Waals surface area contributed by atoms with Crippen LogP contribution in [0.5, 0.6) is 0 Å². The van der Waals surface area contributed by atoms with Crippen molar-refractivity contribution < 1.29 is 14.3 Å². The van der Waals surface area contributed by atoms with Crippen LogP contribution in [-0.2, 0) is 23.0 Å². The molecule has 0 radical (unpaired) electrons. The summed E-state index contributed by atoms with van der Waals surface area (Å²) < 4.78 is 7.38. The van der Waals surface area contributed by atoms with Crippen molar-refractivity contribution in [2.45, 2.75) is 57.0 Å². The lowest BCUT2D eigenvalue weighted by Gasteiger charge is -2.56. The fraction of sp³-hybridized carbons (Fsp3) is 0.517. The summed E-state index contributed by atoms with van der Waals surface area (Å²) in [6.07, 6.45) is 9.31. The second-order valence-corrected chi connectivity index (χ2v) is 13.2. The number of hydrogen-bond donors (Lipinski definition) is 1. The van der Waals surface area contributed by atoms with E-state index < -0.39 is 5.97 Å². The Kier molecular flexibility index (Phi) is 7.07. The van der Waals surface area contributed by atoms with Crippen molar-refractivity contribution in [3.05, 3.63) is 47.1 Å². The Bertz CT molecular complexity index is 1300. The molecule has 4 fully saturated rings. The number of rotatable bonds is 9. The van der Waals surface area contributed by atoms with E-state index in [2.05, 4.69) is 20.1 Å². The number of esters is 1. The maximum atomic E-state index is 12.9. The lowest BCUT2D eigenvalue weighted by molar-refractivity contribution is -0.113. The highest BCUT2D eigenvalue weighted by atomic mass is 32.2. The van der Waals surface area contributed by atoms with Crippen molar-refractivity contribution in [1.82, 2.24) is 14.8 Å². The van der Waals surface area contributed by atoms with Crippen LogP contribution in [0.4, 0.5) is 5.00 Å². The van der Waals surface area contributed by atoms with Crippen LogP contribution >= 0.6 is 23.1 Å². The minimum absolute atomic E-state index is 0.185. The van der Waals surface area contributed by atoms with E-state index in [1.54, 1.807) is 6.92 Å². The van der Waals surface area contributed by atoms with Crippen LogP contribution in [-0.4, -0.2) is 39.0 Å². The molecule has 4 aliphatic rings. The quantitative estimate of drug-likeness (QED) is 0.252. The van der Waals surface area contributed by atoms with E-state index in [1.165, 1.54) is 61.6 Å². The second-order valence-electron chi connectivity index (χ2n) is 11.3. The van der Waals surface area contributed by atoms with Crippen LogP contribution in [0.3, 0.4) is 0 Å². The van der Waals surface area contributed by atoms with Crippen molar-refractivity contribution in [3.8, 4) is 11.1 Å². The average molecular weight is 551 g/mol. The summed E-state index contributed by atoms with van der Waals surface area (Å²) in [6, 6.07) is 9.67. The normalized spacial score (nSPS) is 25.5. The van der Waals surface area contributed by atoms with Crippen molar-refractivity contribution in [2.24, 2.45) is 30.2 Å². The molecule has 3 aromatic rings. The second kappa shape index (κ2) is 10.5. The van der Waals surface area contributed by atoms with E-state index in [-0.39, 0.29) is 18.3 Å². The monoisotopic (exact) mass is 550 g/mol. The molecule has 0 aliphatic heterocycles. The molecule has 1 aromatic carbocycles. The van der Waals surface area contributed by atoms with E-state index in [1.807, 2.05) is 42.8 Å². The van der Waals surface area contributed by atoms with Gasteiger partial charge < -0.3 is 14.6 Å². The predicted octanol–water partition coefficient (Wildman–Crippen LogP) is 6.21. The van der Waals surface area contributed by atoms with Gasteiger partial charge in [-0.2, -0.15) is 0 Å². The third-order valence-electron chi connectivity index (χ3n) is 8.56. The van der Waals surface area contributed by atoms with Crippen LogP contribution < -0.4 is 5.32 Å². The fourth-order valence-electron chi connectivity index (χ4n) is 7.45. The summed E-state index contributed by atoms with van der Waals surface area (Å²) in [4.78, 5) is 25.7. The number of aromatic nitrogens is 3. The zero-order chi connectivity index (χ0) is 26.3. The van der Waals surface area contributed by atoms with Crippen LogP contribution in [0.25, 0.3) is 11.1 Å². The molecule has 4 saturated carbocycles. The SMILES string of the molecule is CCOC(=O)c1c(-c2ccccc2)csc1NC(=O)CSc1nnc(CC23CC4CC(CC(C4)C2)C3)n1C. The lowest BCUT2D eigenvalue weighted by atomic mass is 9.49. The van der Waals surface area contributed by atoms with Gasteiger partial charge >= 0.3 is 5.97 Å². The molecule has 7 rings (SSSR count). The Morgan fingerprint density at radius 2 is 1.79 bits per heavy atom. The molecule has 200 valence electrons. The maximum absolute atomic E-state index is 12.9. The first-order valence-corrected chi connectivity index (χ1v) is 15.4. The Labute approximate surface area is 231 Å². The largest absolute Gasteiger partial charge is 0.462 e. The van der Waals surface area contributed by atoms with Crippen LogP contribution in [0.2, 0.25) is 0 Å². The number of thiophene rings is 1. The van der Waals surface area contributed by atoms with Crippen LogP contribution in [0, 0.1) is 23.2 Å². The number of anilines is 1. The summed E-state index contributed by atoms with van der Waals surface area (Å²) in [7, 11) is 2.01. The molecule has 0 unspecified atom stereocenters. The minimum atomic E-state index is -0.432. The Balaban J connectivity index is 1.12. The van der Waals surface area contributed by atoms with Gasteiger partial charge in [-0.15, -0.1) is 21.5 Å². The molecular formula is C29H34N4O3S2. The molecular weight excluding hydrogens is 516 g/mol. The highest BCUT2D eigenvalue weighted by Crippen LogP contribution is 2.61. The smallest absolute Gasteiger partial charge is 0.341 e. The summed E-state index contributed by atoms with van der Waals surface area (Å²) in [5.74, 6) is 3.32. The van der Waals surface area contributed by atoms with E-state index >= 15 is 0 Å². The number of nitrogens with one attached hydrogen (secondary N) is 1. The summed E-state index contributed by atoms with van der Waals surface area (Å²) >= 11 is 2.72. The highest BCUT2D eigenvalue weighted by molar-refractivity contribution is 7.99. The summed E-state index contributed by atoms with van der Waals surface area (Å²) in [5.41, 5.74) is 2.47. The number of ether oxygens (including phenoxy) is 1. The molecule has 38 heavy (non-hydrogen) atoms. The minimum Gasteiger partial charge on any atom is -0.462 e. The highest BCUT2D eigenvalue weighted by Gasteiger charge is 2.51. The maximum Gasteiger partial charge on any atom is 0.341 e. The lowest BCUT2D eigenvalue weighted by Crippen LogP contribution is -2.47. The molecule has 4 bridgehead atoms. The molecule has 2 aromatic heterocycles. The van der Waals surface area contributed by atoms with Crippen molar-refractivity contribution in [3.63, 3.8) is 0 Å². The number of thioether (sulfide) groups is 1. The molecule has 0 atom stereocenters. The number of carbonyl (C=O) groups excluding carboxylic acids is 2. The fourth-order valence-corrected chi connectivity index (χ4v) is 9.15. The molecule has 1 amide bonds. The number of hydrogen-bond acceptors (Lipinski definition) is 7. The van der Waals surface area contributed by atoms with E-state index in [9.17, 15) is 9.59 Å². The first-order valence-electron chi connectivity index (χ1n) is 13.6. The molecule has 7 nitrogen and oxygen atoms in total. The molecule has 1 N–H and O–H groups in total. The van der Waals surface area contributed by atoms with Gasteiger partial charge in [0.25, 0.3) is 0 Å². The molecule has 0 saturated heterocycles. The van der Waals surface area contributed by atoms with Gasteiger partial charge in [-0.3, -0.25) is 4.79 Å². The number of nitrogens with zero attached hydrogens (tertiary/aromatic N) is 3. The Hall–Kier alpha value is -2.65.